The molecule has 0 fully saturated rings. The second-order valence-corrected chi connectivity index (χ2v) is 4.75. The highest BCUT2D eigenvalue weighted by atomic mass is 16.6. The Bertz CT molecular complexity index is 725. The van der Waals surface area contributed by atoms with E-state index in [-0.39, 0.29) is 5.17 Å². The summed E-state index contributed by atoms with van der Waals surface area (Å²) in [6.07, 6.45) is 4.99. The van der Waals surface area contributed by atoms with Crippen LogP contribution in [0.4, 0.5) is 5.69 Å². The summed E-state index contributed by atoms with van der Waals surface area (Å²) in [5.41, 5.74) is 3.90. The molecule has 0 radical (unpaired) electrons. The van der Waals surface area contributed by atoms with E-state index in [9.17, 15) is 5.21 Å². The van der Waals surface area contributed by atoms with Crippen LogP contribution in [0.5, 0.6) is 0 Å². The summed E-state index contributed by atoms with van der Waals surface area (Å²) in [6.45, 7) is 2.87. The van der Waals surface area contributed by atoms with Crippen molar-refractivity contribution in [1.29, 1.82) is 0 Å². The van der Waals surface area contributed by atoms with Crippen molar-refractivity contribution in [2.24, 2.45) is 0 Å². The number of nitrogens with one attached hydrogen (secondary N) is 2. The zero-order valence-electron chi connectivity index (χ0n) is 10.6. The third-order valence-corrected chi connectivity index (χ3v) is 3.72. The summed E-state index contributed by atoms with van der Waals surface area (Å²) < 4.78 is 2.08. The predicted octanol–water partition coefficient (Wildman–Crippen LogP) is 1.05. The van der Waals surface area contributed by atoms with Crippen LogP contribution >= 0.6 is 0 Å². The first-order chi connectivity index (χ1) is 9.31. The quantitative estimate of drug-likeness (QED) is 0.737. The van der Waals surface area contributed by atoms with Gasteiger partial charge in [0.15, 0.2) is 11.4 Å². The van der Waals surface area contributed by atoms with E-state index >= 15 is 0 Å². The van der Waals surface area contributed by atoms with Crippen LogP contribution in [0.15, 0.2) is 30.3 Å². The molecule has 3 heterocycles. The lowest BCUT2D eigenvalue weighted by atomic mass is 10.1. The van der Waals surface area contributed by atoms with Crippen molar-refractivity contribution in [2.75, 3.05) is 0 Å². The summed E-state index contributed by atoms with van der Waals surface area (Å²) in [4.78, 5) is 3.60. The number of aromatic amines is 1. The van der Waals surface area contributed by atoms with Crippen molar-refractivity contribution >= 4 is 11.9 Å². The lowest BCUT2D eigenvalue weighted by molar-refractivity contribution is -0.830. The van der Waals surface area contributed by atoms with Gasteiger partial charge in [0.05, 0.1) is 17.8 Å². The number of aromatic nitrogens is 4. The van der Waals surface area contributed by atoms with Crippen molar-refractivity contribution in [1.82, 2.24) is 19.5 Å². The van der Waals surface area contributed by atoms with Crippen LogP contribution in [0.25, 0.3) is 17.5 Å². The third-order valence-electron chi connectivity index (χ3n) is 3.72. The van der Waals surface area contributed by atoms with E-state index < -0.39 is 0 Å². The van der Waals surface area contributed by atoms with Gasteiger partial charge in [-0.3, -0.25) is 0 Å². The molecule has 2 aromatic rings. The Kier molecular flexibility index (Phi) is 2.06. The number of allylic oxidation sites excluding steroid dienone is 1. The van der Waals surface area contributed by atoms with Crippen LogP contribution < -0.4 is 5.17 Å². The molecule has 1 aromatic carbocycles. The van der Waals surface area contributed by atoms with Crippen LogP contribution in [0.2, 0.25) is 0 Å². The molecule has 0 saturated heterocycles. The highest BCUT2D eigenvalue weighted by Gasteiger charge is 2.30. The van der Waals surface area contributed by atoms with Crippen LogP contribution in [0.1, 0.15) is 12.6 Å². The Morgan fingerprint density at radius 2 is 2.21 bits per heavy atom. The second kappa shape index (κ2) is 3.66. The Morgan fingerprint density at radius 1 is 1.37 bits per heavy atom. The summed E-state index contributed by atoms with van der Waals surface area (Å²) in [5.74, 6) is 0. The van der Waals surface area contributed by atoms with Crippen LogP contribution in [0.3, 0.4) is 0 Å². The molecule has 98 valence electrons. The van der Waals surface area contributed by atoms with Crippen molar-refractivity contribution < 1.29 is 5.17 Å². The molecule has 1 atom stereocenters. The Hall–Kier alpha value is -2.18. The molecular formula is C13H15N5O. The van der Waals surface area contributed by atoms with Crippen LogP contribution in [0, 0.1) is 5.21 Å². The zero-order chi connectivity index (χ0) is 13.0. The minimum atomic E-state index is 0.0168. The summed E-state index contributed by atoms with van der Waals surface area (Å²) >= 11 is 0. The SMILES string of the molecule is CCc1c2n([nH]n3n1C=CC3)[NH+]([O-])c1ccccc1-2. The van der Waals surface area contributed by atoms with Gasteiger partial charge in [0.1, 0.15) is 0 Å². The molecule has 6 heteroatoms. The fourth-order valence-corrected chi connectivity index (χ4v) is 2.89. The maximum atomic E-state index is 12.4. The van der Waals surface area contributed by atoms with Gasteiger partial charge in [0, 0.05) is 12.3 Å². The van der Waals surface area contributed by atoms with Gasteiger partial charge in [0.2, 0.25) is 0 Å². The van der Waals surface area contributed by atoms with Gasteiger partial charge in [0.25, 0.3) is 0 Å². The molecule has 0 aliphatic carbocycles. The largest absolute Gasteiger partial charge is 0.601 e. The fourth-order valence-electron chi connectivity index (χ4n) is 2.89. The Balaban J connectivity index is 2.10. The number of rotatable bonds is 1. The number of hydrogen-bond acceptors (Lipinski definition) is 1. The minimum absolute atomic E-state index is 0.0168. The summed E-state index contributed by atoms with van der Waals surface area (Å²) in [6, 6.07) is 7.77. The number of hydrogen-bond donors (Lipinski definition) is 2. The molecule has 0 amide bonds. The third kappa shape index (κ3) is 1.27. The average Bonchev–Trinajstić information content (AvgIpc) is 3.02. The first kappa shape index (κ1) is 10.7. The van der Waals surface area contributed by atoms with E-state index in [1.807, 2.05) is 35.3 Å². The molecule has 0 saturated carbocycles. The van der Waals surface area contributed by atoms with Gasteiger partial charge in [-0.25, -0.2) is 14.7 Å². The minimum Gasteiger partial charge on any atom is -0.601 e. The van der Waals surface area contributed by atoms with E-state index in [1.165, 1.54) is 0 Å². The smallest absolute Gasteiger partial charge is 0.167 e. The van der Waals surface area contributed by atoms with E-state index in [0.717, 1.165) is 35.6 Å². The van der Waals surface area contributed by atoms with Gasteiger partial charge >= 0.3 is 0 Å². The molecule has 2 aliphatic heterocycles. The van der Waals surface area contributed by atoms with Gasteiger partial charge in [-0.15, -0.1) is 4.79 Å². The van der Waals surface area contributed by atoms with E-state index in [4.69, 9.17) is 0 Å². The summed E-state index contributed by atoms with van der Waals surface area (Å²) in [7, 11) is 0. The molecular weight excluding hydrogens is 242 g/mol. The molecule has 6 nitrogen and oxygen atoms in total. The standard InChI is InChI=1S/C13H15N5O/c1-2-11-13-10-6-3-4-7-12(10)18(19)17(13)14-16-9-5-8-15(11)16/h3-8,14,18H,2,9H2,1H3. The number of benzene rings is 1. The monoisotopic (exact) mass is 257 g/mol. The first-order valence-corrected chi connectivity index (χ1v) is 6.48. The predicted molar refractivity (Wildman–Crippen MR) is 71.9 cm³/mol. The Morgan fingerprint density at radius 3 is 3.05 bits per heavy atom. The normalized spacial score (nSPS) is 18.3. The van der Waals surface area contributed by atoms with E-state index in [2.05, 4.69) is 22.9 Å². The number of nitrogens with zero attached hydrogens (tertiary/aromatic N) is 3. The van der Waals surface area contributed by atoms with Crippen molar-refractivity contribution in [3.05, 3.63) is 41.2 Å². The first-order valence-electron chi connectivity index (χ1n) is 6.48. The highest BCUT2D eigenvalue weighted by molar-refractivity contribution is 5.74. The molecule has 19 heavy (non-hydrogen) atoms. The highest BCUT2D eigenvalue weighted by Crippen LogP contribution is 2.31. The fraction of sp³-hybridized carbons (Fsp3) is 0.231. The molecule has 1 aromatic heterocycles. The van der Waals surface area contributed by atoms with Gasteiger partial charge in [-0.05, 0) is 18.6 Å². The summed E-state index contributed by atoms with van der Waals surface area (Å²) in [5, 5.41) is 15.6. The van der Waals surface area contributed by atoms with Crippen LogP contribution in [-0.2, 0) is 13.0 Å². The second-order valence-electron chi connectivity index (χ2n) is 4.75. The van der Waals surface area contributed by atoms with E-state index in [1.54, 1.807) is 4.79 Å². The topological polar surface area (TPSA) is 58.1 Å². The number of H-pyrrole nitrogens is 1. The molecule has 0 spiro atoms. The molecule has 2 N–H and O–H groups in total. The lowest BCUT2D eigenvalue weighted by Gasteiger charge is -2.22. The maximum absolute atomic E-state index is 12.4. The maximum Gasteiger partial charge on any atom is 0.167 e. The van der Waals surface area contributed by atoms with Crippen molar-refractivity contribution in [3.63, 3.8) is 0 Å². The van der Waals surface area contributed by atoms with Crippen molar-refractivity contribution in [2.45, 2.75) is 19.9 Å². The van der Waals surface area contributed by atoms with Gasteiger partial charge in [-0.1, -0.05) is 19.1 Å². The zero-order valence-corrected chi connectivity index (χ0v) is 10.6. The molecule has 2 aliphatic rings. The lowest BCUT2D eigenvalue weighted by Crippen LogP contribution is -3.04. The average molecular weight is 257 g/mol. The Labute approximate surface area is 110 Å². The molecule has 4 rings (SSSR count). The van der Waals surface area contributed by atoms with Gasteiger partial charge in [-0.2, -0.15) is 5.21 Å². The molecule has 0 bridgehead atoms. The number of fused-ring (bicyclic) bond motifs is 4. The van der Waals surface area contributed by atoms with E-state index in [0.29, 0.717) is 0 Å². The number of quaternary nitrogens is 1. The molecule has 1 unspecified atom stereocenters. The van der Waals surface area contributed by atoms with Crippen LogP contribution in [-0.4, -0.2) is 19.5 Å². The van der Waals surface area contributed by atoms with Crippen molar-refractivity contribution in [3.8, 4) is 11.3 Å². The van der Waals surface area contributed by atoms with Gasteiger partial charge < -0.3 is 5.21 Å².